The van der Waals surface area contributed by atoms with Crippen molar-refractivity contribution >= 4 is 21.5 Å². The fourth-order valence-corrected chi connectivity index (χ4v) is 5.70. The van der Waals surface area contributed by atoms with Crippen LogP contribution in [0.3, 0.4) is 0 Å². The molecular formula is C38H52Cl2N8O8Zn. The number of fused-ring (bicyclic) bond motifs is 2. The molecule has 1 heterocycles. The molecule has 1 aliphatic heterocycles. The number of halogens is 2. The van der Waals surface area contributed by atoms with Gasteiger partial charge < -0.3 is 31.9 Å². The number of hydrogen-bond acceptors (Lipinski definition) is 16. The third-order valence-electron chi connectivity index (χ3n) is 8.19. The second-order valence-electron chi connectivity index (χ2n) is 13.0. The Labute approximate surface area is 352 Å². The molecule has 308 valence electrons. The number of nitriles is 2. The Hall–Kier alpha value is -2.98. The van der Waals surface area contributed by atoms with Crippen LogP contribution in [0.25, 0.3) is 21.5 Å². The van der Waals surface area contributed by atoms with Gasteiger partial charge >= 0.3 is 19.5 Å². The Kier molecular flexibility index (Phi) is 27.0. The topological polar surface area (TPSA) is 304 Å². The summed E-state index contributed by atoms with van der Waals surface area (Å²) in [6.45, 7) is 16.5. The van der Waals surface area contributed by atoms with Crippen LogP contribution in [0.2, 0.25) is 0 Å². The Morgan fingerprint density at radius 2 is 0.772 bits per heavy atom. The molecule has 5 rings (SSSR count). The van der Waals surface area contributed by atoms with Gasteiger partial charge in [-0.1, -0.05) is 84.9 Å². The molecule has 19 heteroatoms. The Morgan fingerprint density at radius 3 is 1.05 bits per heavy atom. The number of benzene rings is 4. The third-order valence-corrected chi connectivity index (χ3v) is 8.19. The average Bonchev–Trinajstić information content (AvgIpc) is 3.12. The van der Waals surface area contributed by atoms with Crippen molar-refractivity contribution in [2.24, 2.45) is 0 Å². The first-order valence-corrected chi connectivity index (χ1v) is 20.0. The molecule has 57 heavy (non-hydrogen) atoms. The van der Waals surface area contributed by atoms with E-state index in [9.17, 15) is 0 Å². The van der Waals surface area contributed by atoms with Crippen LogP contribution in [0.4, 0.5) is 0 Å². The molecule has 0 aromatic heterocycles. The Balaban J connectivity index is 0.00000158. The summed E-state index contributed by atoms with van der Waals surface area (Å²) in [5.74, 6) is 0. The molecule has 0 aliphatic carbocycles. The van der Waals surface area contributed by atoms with Crippen LogP contribution in [0.15, 0.2) is 84.9 Å². The van der Waals surface area contributed by atoms with E-state index in [0.717, 1.165) is 65.4 Å². The molecule has 16 nitrogen and oxygen atoms in total. The number of rotatable bonds is 6. The molecule has 6 N–H and O–H groups in total. The van der Waals surface area contributed by atoms with E-state index in [1.807, 2.05) is 0 Å². The standard InChI is InChI=1S/C34H46N6.2C2H3N.2ClHO4.Zn/c1-33(39-21-29-13-7-11-27-9-3-5-15-31(27)29)23-35-17-19-37-25-34(2,26-38-20-18-36-24-33)40-22-30-14-8-12-28-10-4-6-16-32(28)30;2*1-2-3;2*2-1(3,4)5;/h3-16,35-40H,17-26H2,1-2H3;2*1H3;2*(H,2,3,4,5);/q;;;;;+2/p-2. The van der Waals surface area contributed by atoms with Crippen molar-refractivity contribution in [3.05, 3.63) is 96.1 Å². The van der Waals surface area contributed by atoms with Gasteiger partial charge in [-0.2, -0.15) is 10.5 Å². The van der Waals surface area contributed by atoms with Crippen molar-refractivity contribution in [2.75, 3.05) is 52.4 Å². The molecule has 0 amide bonds. The minimum absolute atomic E-state index is 0. The van der Waals surface area contributed by atoms with E-state index < -0.39 is 20.5 Å². The summed E-state index contributed by atoms with van der Waals surface area (Å²) in [5, 5.41) is 42.5. The van der Waals surface area contributed by atoms with E-state index in [1.165, 1.54) is 46.5 Å². The van der Waals surface area contributed by atoms with Crippen LogP contribution in [0.5, 0.6) is 0 Å². The number of nitrogens with one attached hydrogen (secondary N) is 6. The van der Waals surface area contributed by atoms with Gasteiger partial charge in [-0.15, -0.1) is 20.5 Å². The molecule has 1 fully saturated rings. The van der Waals surface area contributed by atoms with Crippen LogP contribution in [-0.4, -0.2) is 63.4 Å². The predicted octanol–water partition coefficient (Wildman–Crippen LogP) is -4.69. The Bertz CT molecular complexity index is 1620. The molecule has 0 saturated carbocycles. The van der Waals surface area contributed by atoms with Crippen LogP contribution < -0.4 is 69.2 Å². The van der Waals surface area contributed by atoms with Crippen molar-refractivity contribution in [1.29, 1.82) is 10.5 Å². The van der Waals surface area contributed by atoms with Gasteiger partial charge in [-0.25, -0.2) is 37.3 Å². The smallest absolute Gasteiger partial charge is 0.314 e. The summed E-state index contributed by atoms with van der Waals surface area (Å²) in [7, 11) is -9.89. The molecule has 1 aliphatic rings. The molecule has 0 spiro atoms. The molecule has 1 saturated heterocycles. The van der Waals surface area contributed by atoms with E-state index >= 15 is 0 Å². The molecule has 0 bridgehead atoms. The van der Waals surface area contributed by atoms with Gasteiger partial charge in [0, 0.05) is 90.4 Å². The van der Waals surface area contributed by atoms with E-state index in [4.69, 9.17) is 47.8 Å². The van der Waals surface area contributed by atoms with Gasteiger partial charge in [0.1, 0.15) is 0 Å². The first-order chi connectivity index (χ1) is 26.4. The van der Waals surface area contributed by atoms with Crippen LogP contribution in [0, 0.1) is 43.1 Å². The molecular weight excluding hydrogens is 833 g/mol. The van der Waals surface area contributed by atoms with Crippen molar-refractivity contribution in [3.63, 3.8) is 0 Å². The van der Waals surface area contributed by atoms with Gasteiger partial charge in [-0.05, 0) is 46.5 Å². The molecule has 0 radical (unpaired) electrons. The maximum atomic E-state index is 8.49. The minimum atomic E-state index is -4.94. The second kappa shape index (κ2) is 28.4. The van der Waals surface area contributed by atoms with Gasteiger partial charge in [-0.3, -0.25) is 0 Å². The zero-order valence-corrected chi connectivity index (χ0v) is 37.3. The van der Waals surface area contributed by atoms with Gasteiger partial charge in [0.05, 0.1) is 12.1 Å². The zero-order chi connectivity index (χ0) is 42.1. The number of hydrogen-bond donors (Lipinski definition) is 6. The summed E-state index contributed by atoms with van der Waals surface area (Å²) in [4.78, 5) is 0. The first-order valence-electron chi connectivity index (χ1n) is 17.5. The fraction of sp³-hybridized carbons (Fsp3) is 0.421. The predicted molar refractivity (Wildman–Crippen MR) is 192 cm³/mol. The van der Waals surface area contributed by atoms with Crippen LogP contribution in [-0.2, 0) is 32.6 Å². The molecule has 4 aromatic rings. The largest absolute Gasteiger partial charge is 2.00 e. The quantitative estimate of drug-likeness (QED) is 0.0992. The van der Waals surface area contributed by atoms with Gasteiger partial charge in [0.2, 0.25) is 0 Å². The van der Waals surface area contributed by atoms with E-state index in [2.05, 4.69) is 131 Å². The third kappa shape index (κ3) is 25.9. The minimum Gasteiger partial charge on any atom is -0.314 e. The van der Waals surface area contributed by atoms with Gasteiger partial charge in [0.15, 0.2) is 0 Å². The molecule has 4 aromatic carbocycles. The summed E-state index contributed by atoms with van der Waals surface area (Å²) in [6, 6.07) is 34.0. The summed E-state index contributed by atoms with van der Waals surface area (Å²) in [5.41, 5.74) is 2.57. The maximum Gasteiger partial charge on any atom is 2.00 e. The molecule has 0 atom stereocenters. The normalized spacial score (nSPS) is 19.0. The summed E-state index contributed by atoms with van der Waals surface area (Å²) < 4.78 is 67.9. The first kappa shape index (κ1) is 54.0. The summed E-state index contributed by atoms with van der Waals surface area (Å²) >= 11 is 0. The van der Waals surface area contributed by atoms with Crippen molar-refractivity contribution in [3.8, 4) is 12.1 Å². The van der Waals surface area contributed by atoms with Crippen molar-refractivity contribution in [2.45, 2.75) is 51.9 Å². The van der Waals surface area contributed by atoms with Gasteiger partial charge in [0.25, 0.3) is 0 Å². The van der Waals surface area contributed by atoms with Crippen molar-refractivity contribution < 1.29 is 77.2 Å². The summed E-state index contributed by atoms with van der Waals surface area (Å²) in [6.07, 6.45) is 0. The van der Waals surface area contributed by atoms with E-state index in [-0.39, 0.29) is 30.6 Å². The van der Waals surface area contributed by atoms with Crippen LogP contribution in [0.1, 0.15) is 38.8 Å². The second-order valence-corrected chi connectivity index (χ2v) is 14.5. The molecule has 0 unspecified atom stereocenters. The average molecular weight is 885 g/mol. The van der Waals surface area contributed by atoms with E-state index in [0.29, 0.717) is 0 Å². The van der Waals surface area contributed by atoms with E-state index in [1.54, 1.807) is 12.1 Å². The zero-order valence-electron chi connectivity index (χ0n) is 32.8. The monoisotopic (exact) mass is 882 g/mol. The SMILES string of the molecule is CC#N.CC#N.CC1(NCc2cccc3ccccc23)CNCCNCC(C)(NCc2cccc3ccccc23)CNCCNC1.[O-][Cl+3]([O-])([O-])[O-].[O-][Cl+3]([O-])([O-])[O-].[Zn+2]. The van der Waals surface area contributed by atoms with Crippen molar-refractivity contribution in [1.82, 2.24) is 31.9 Å². The Morgan fingerprint density at radius 1 is 0.526 bits per heavy atom. The number of nitrogens with zero attached hydrogens (tertiary/aromatic N) is 2. The fourth-order valence-electron chi connectivity index (χ4n) is 5.70. The maximum absolute atomic E-state index is 8.49. The van der Waals surface area contributed by atoms with Crippen LogP contribution >= 0.6 is 0 Å².